The number of para-hydroxylation sites is 2. The highest BCUT2D eigenvalue weighted by molar-refractivity contribution is 6.06. The fraction of sp³-hybridized carbons (Fsp3) is 0.167. The molecule has 0 atom stereocenters. The van der Waals surface area contributed by atoms with Crippen LogP contribution in [0, 0.1) is 0 Å². The van der Waals surface area contributed by atoms with Crippen LogP contribution in [0.25, 0.3) is 0 Å². The molecule has 0 heterocycles. The van der Waals surface area contributed by atoms with Crippen LogP contribution in [0.1, 0.15) is 23.7 Å². The van der Waals surface area contributed by atoms with E-state index in [0.717, 1.165) is 5.75 Å². The molecule has 6 nitrogen and oxygen atoms in total. The summed E-state index contributed by atoms with van der Waals surface area (Å²) in [7, 11) is 0. The zero-order valence-corrected chi connectivity index (χ0v) is 16.8. The molecule has 0 aliphatic heterocycles. The molecule has 2 amide bonds. The Morgan fingerprint density at radius 1 is 0.733 bits per heavy atom. The number of hydrogen-bond acceptors (Lipinski definition) is 4. The van der Waals surface area contributed by atoms with Crippen LogP contribution >= 0.6 is 0 Å². The third-order valence-corrected chi connectivity index (χ3v) is 4.23. The SMILES string of the molecule is CCC(=O)Nc1ccc(NC(=O)c2ccccc2OCCOc2ccccc2)cc1. The monoisotopic (exact) mass is 404 g/mol. The maximum Gasteiger partial charge on any atom is 0.259 e. The molecule has 30 heavy (non-hydrogen) atoms. The van der Waals surface area contributed by atoms with Crippen molar-refractivity contribution in [1.29, 1.82) is 0 Å². The lowest BCUT2D eigenvalue weighted by atomic mass is 10.2. The summed E-state index contributed by atoms with van der Waals surface area (Å²) >= 11 is 0. The van der Waals surface area contributed by atoms with Gasteiger partial charge in [-0.2, -0.15) is 0 Å². The largest absolute Gasteiger partial charge is 0.490 e. The van der Waals surface area contributed by atoms with E-state index in [1.54, 1.807) is 49.4 Å². The van der Waals surface area contributed by atoms with Gasteiger partial charge < -0.3 is 20.1 Å². The lowest BCUT2D eigenvalue weighted by Crippen LogP contribution is -2.15. The number of carbonyl (C=O) groups is 2. The predicted molar refractivity (Wildman–Crippen MR) is 117 cm³/mol. The second kappa shape index (κ2) is 10.7. The summed E-state index contributed by atoms with van der Waals surface area (Å²) in [6, 6.07) is 23.5. The van der Waals surface area contributed by atoms with E-state index in [4.69, 9.17) is 9.47 Å². The van der Waals surface area contributed by atoms with Crippen LogP contribution in [0.5, 0.6) is 11.5 Å². The fourth-order valence-corrected chi connectivity index (χ4v) is 2.69. The van der Waals surface area contributed by atoms with Crippen molar-refractivity contribution < 1.29 is 19.1 Å². The van der Waals surface area contributed by atoms with Gasteiger partial charge in [-0.25, -0.2) is 0 Å². The molecule has 3 aromatic rings. The summed E-state index contributed by atoms with van der Waals surface area (Å²) in [4.78, 5) is 24.2. The number of hydrogen-bond donors (Lipinski definition) is 2. The quantitative estimate of drug-likeness (QED) is 0.505. The van der Waals surface area contributed by atoms with E-state index in [-0.39, 0.29) is 11.8 Å². The Morgan fingerprint density at radius 3 is 2.03 bits per heavy atom. The third kappa shape index (κ3) is 6.10. The summed E-state index contributed by atoms with van der Waals surface area (Å²) in [5.41, 5.74) is 1.74. The molecule has 0 bridgehead atoms. The minimum Gasteiger partial charge on any atom is -0.490 e. The van der Waals surface area contributed by atoms with Crippen LogP contribution < -0.4 is 20.1 Å². The summed E-state index contributed by atoms with van der Waals surface area (Å²) < 4.78 is 11.4. The lowest BCUT2D eigenvalue weighted by Gasteiger charge is -2.13. The smallest absolute Gasteiger partial charge is 0.259 e. The van der Waals surface area contributed by atoms with Crippen LogP contribution in [0.3, 0.4) is 0 Å². The van der Waals surface area contributed by atoms with Crippen molar-refractivity contribution in [2.45, 2.75) is 13.3 Å². The molecule has 6 heteroatoms. The molecule has 3 rings (SSSR count). The molecule has 2 N–H and O–H groups in total. The Balaban J connectivity index is 1.56. The average Bonchev–Trinajstić information content (AvgIpc) is 2.79. The van der Waals surface area contributed by atoms with Gasteiger partial charge in [0, 0.05) is 17.8 Å². The minimum atomic E-state index is -0.278. The highest BCUT2D eigenvalue weighted by Crippen LogP contribution is 2.21. The number of ether oxygens (including phenoxy) is 2. The van der Waals surface area contributed by atoms with E-state index in [0.29, 0.717) is 42.3 Å². The van der Waals surface area contributed by atoms with Gasteiger partial charge in [0.2, 0.25) is 5.91 Å². The standard InChI is InChI=1S/C24H24N2O4/c1-2-23(27)25-18-12-14-19(15-13-18)26-24(28)21-10-6-7-11-22(21)30-17-16-29-20-8-4-3-5-9-20/h3-15H,2,16-17H2,1H3,(H,25,27)(H,26,28). The van der Waals surface area contributed by atoms with Crippen LogP contribution in [-0.2, 0) is 4.79 Å². The van der Waals surface area contributed by atoms with Gasteiger partial charge in [0.15, 0.2) is 0 Å². The number of benzene rings is 3. The molecule has 0 aliphatic rings. The molecule has 0 spiro atoms. The summed E-state index contributed by atoms with van der Waals surface area (Å²) in [5, 5.41) is 5.62. The van der Waals surface area contributed by atoms with Crippen LogP contribution in [0.2, 0.25) is 0 Å². The van der Waals surface area contributed by atoms with E-state index in [9.17, 15) is 9.59 Å². The molecule has 0 saturated carbocycles. The molecular formula is C24H24N2O4. The molecule has 3 aromatic carbocycles. The van der Waals surface area contributed by atoms with Crippen molar-refractivity contribution in [2.24, 2.45) is 0 Å². The van der Waals surface area contributed by atoms with Gasteiger partial charge in [-0.1, -0.05) is 37.3 Å². The van der Waals surface area contributed by atoms with E-state index in [2.05, 4.69) is 10.6 Å². The highest BCUT2D eigenvalue weighted by Gasteiger charge is 2.12. The van der Waals surface area contributed by atoms with Gasteiger partial charge in [-0.15, -0.1) is 0 Å². The van der Waals surface area contributed by atoms with Crippen molar-refractivity contribution >= 4 is 23.2 Å². The first-order chi connectivity index (χ1) is 14.7. The van der Waals surface area contributed by atoms with Crippen LogP contribution in [0.4, 0.5) is 11.4 Å². The number of amides is 2. The average molecular weight is 404 g/mol. The molecule has 154 valence electrons. The third-order valence-electron chi connectivity index (χ3n) is 4.23. The highest BCUT2D eigenvalue weighted by atomic mass is 16.5. The Kier molecular flexibility index (Phi) is 7.44. The molecule has 0 aromatic heterocycles. The molecule has 0 saturated heterocycles. The van der Waals surface area contributed by atoms with Gasteiger partial charge in [0.25, 0.3) is 5.91 Å². The van der Waals surface area contributed by atoms with Gasteiger partial charge in [-0.05, 0) is 48.5 Å². The second-order valence-electron chi connectivity index (χ2n) is 6.44. The van der Waals surface area contributed by atoms with Gasteiger partial charge in [0.1, 0.15) is 24.7 Å². The number of carbonyl (C=O) groups excluding carboxylic acids is 2. The number of nitrogens with one attached hydrogen (secondary N) is 2. The fourth-order valence-electron chi connectivity index (χ4n) is 2.69. The first-order valence-corrected chi connectivity index (χ1v) is 9.76. The van der Waals surface area contributed by atoms with E-state index in [1.165, 1.54) is 0 Å². The minimum absolute atomic E-state index is 0.0610. The molecule has 0 unspecified atom stereocenters. The van der Waals surface area contributed by atoms with Crippen molar-refractivity contribution in [3.8, 4) is 11.5 Å². The zero-order chi connectivity index (χ0) is 21.2. The summed E-state index contributed by atoms with van der Waals surface area (Å²) in [6.45, 7) is 2.47. The lowest BCUT2D eigenvalue weighted by molar-refractivity contribution is -0.115. The van der Waals surface area contributed by atoms with Gasteiger partial charge in [0.05, 0.1) is 5.56 Å². The first kappa shape index (κ1) is 20.9. The maximum atomic E-state index is 12.7. The van der Waals surface area contributed by atoms with Crippen molar-refractivity contribution in [2.75, 3.05) is 23.8 Å². The summed E-state index contributed by atoms with van der Waals surface area (Å²) in [6.07, 6.45) is 0.408. The van der Waals surface area contributed by atoms with Crippen molar-refractivity contribution in [1.82, 2.24) is 0 Å². The Bertz CT molecular complexity index is 972. The van der Waals surface area contributed by atoms with Gasteiger partial charge in [-0.3, -0.25) is 9.59 Å². The van der Waals surface area contributed by atoms with E-state index in [1.807, 2.05) is 36.4 Å². The van der Waals surface area contributed by atoms with Crippen molar-refractivity contribution in [3.63, 3.8) is 0 Å². The summed E-state index contributed by atoms with van der Waals surface area (Å²) in [5.74, 6) is 0.915. The molecule has 0 radical (unpaired) electrons. The topological polar surface area (TPSA) is 76.7 Å². The molecule has 0 aliphatic carbocycles. The molecular weight excluding hydrogens is 380 g/mol. The van der Waals surface area contributed by atoms with Crippen molar-refractivity contribution in [3.05, 3.63) is 84.4 Å². The number of anilines is 2. The van der Waals surface area contributed by atoms with Crippen LogP contribution in [-0.4, -0.2) is 25.0 Å². The maximum absolute atomic E-state index is 12.7. The number of rotatable bonds is 9. The molecule has 0 fully saturated rings. The first-order valence-electron chi connectivity index (χ1n) is 9.76. The normalized spacial score (nSPS) is 10.2. The van der Waals surface area contributed by atoms with Gasteiger partial charge >= 0.3 is 0 Å². The Hall–Kier alpha value is -3.80. The van der Waals surface area contributed by atoms with Crippen LogP contribution in [0.15, 0.2) is 78.9 Å². The Labute approximate surface area is 175 Å². The van der Waals surface area contributed by atoms with E-state index >= 15 is 0 Å². The second-order valence-corrected chi connectivity index (χ2v) is 6.44. The predicted octanol–water partition coefficient (Wildman–Crippen LogP) is 4.75. The zero-order valence-electron chi connectivity index (χ0n) is 16.8. The Morgan fingerprint density at radius 2 is 1.33 bits per heavy atom. The van der Waals surface area contributed by atoms with E-state index < -0.39 is 0 Å².